The monoisotopic (exact) mass is 456 g/mol. The number of carbonyl (C=O) groups is 1. The molecule has 0 spiro atoms. The van der Waals surface area contributed by atoms with E-state index in [1.807, 2.05) is 30.3 Å². The van der Waals surface area contributed by atoms with E-state index in [1.54, 1.807) is 36.4 Å². The van der Waals surface area contributed by atoms with Crippen molar-refractivity contribution >= 4 is 43.2 Å². The summed E-state index contributed by atoms with van der Waals surface area (Å²) in [5.41, 5.74) is 0.0424. The minimum atomic E-state index is -0.615. The zero-order chi connectivity index (χ0) is 22.9. The Balaban J connectivity index is 1.66. The standard InChI is InChI=1S/C24H16N4O4S/c25-12-15-6-1-3-9-18(15)26-20(29)14-27-21-17-8-2-4-10-19(17)33-22(21)23(30)28(24(27)31)13-16-7-5-11-32-16/h1-11H,13-14H2,(H,26,29). The minimum Gasteiger partial charge on any atom is -0.467 e. The van der Waals surface area contributed by atoms with Crippen LogP contribution in [0.25, 0.3) is 20.3 Å². The zero-order valence-electron chi connectivity index (χ0n) is 17.1. The largest absolute Gasteiger partial charge is 0.467 e. The summed E-state index contributed by atoms with van der Waals surface area (Å²) in [5.74, 6) is -0.0341. The fraction of sp³-hybridized carbons (Fsp3) is 0.0833. The minimum absolute atomic E-state index is 0.0479. The third-order valence-corrected chi connectivity index (χ3v) is 6.41. The van der Waals surface area contributed by atoms with Gasteiger partial charge in [0.05, 0.1) is 29.6 Å². The Morgan fingerprint density at radius 2 is 1.82 bits per heavy atom. The molecule has 9 heteroatoms. The third kappa shape index (κ3) is 3.62. The number of anilines is 1. The SMILES string of the molecule is N#Cc1ccccc1NC(=O)Cn1c(=O)n(Cc2ccco2)c(=O)c2sc3ccccc3c21. The molecule has 1 N–H and O–H groups in total. The normalized spacial score (nSPS) is 11.0. The van der Waals surface area contributed by atoms with E-state index in [-0.39, 0.29) is 13.1 Å². The second kappa shape index (κ2) is 8.26. The van der Waals surface area contributed by atoms with E-state index in [0.29, 0.717) is 27.2 Å². The average Bonchev–Trinajstić information content (AvgIpc) is 3.48. The highest BCUT2D eigenvalue weighted by molar-refractivity contribution is 7.25. The molecule has 1 amide bonds. The predicted molar refractivity (Wildman–Crippen MR) is 125 cm³/mol. The number of para-hydroxylation sites is 1. The summed E-state index contributed by atoms with van der Waals surface area (Å²) in [7, 11) is 0. The van der Waals surface area contributed by atoms with Crippen LogP contribution in [0.5, 0.6) is 0 Å². The van der Waals surface area contributed by atoms with Crippen LogP contribution in [0.15, 0.2) is 80.9 Å². The van der Waals surface area contributed by atoms with Gasteiger partial charge in [0.1, 0.15) is 23.1 Å². The molecule has 5 rings (SSSR count). The number of nitrogens with one attached hydrogen (secondary N) is 1. The van der Waals surface area contributed by atoms with E-state index in [9.17, 15) is 19.6 Å². The van der Waals surface area contributed by atoms with Gasteiger partial charge >= 0.3 is 5.69 Å². The summed E-state index contributed by atoms with van der Waals surface area (Å²) < 4.78 is 8.93. The molecule has 2 aromatic carbocycles. The highest BCUT2D eigenvalue weighted by Gasteiger charge is 2.20. The predicted octanol–water partition coefficient (Wildman–Crippen LogP) is 3.53. The smallest absolute Gasteiger partial charge is 0.332 e. The Morgan fingerprint density at radius 3 is 2.61 bits per heavy atom. The van der Waals surface area contributed by atoms with Gasteiger partial charge in [-0.2, -0.15) is 5.26 Å². The summed E-state index contributed by atoms with van der Waals surface area (Å²) in [5, 5.41) is 12.7. The van der Waals surface area contributed by atoms with Crippen LogP contribution >= 0.6 is 11.3 Å². The topological polar surface area (TPSA) is 110 Å². The van der Waals surface area contributed by atoms with Crippen molar-refractivity contribution in [3.8, 4) is 6.07 Å². The summed E-state index contributed by atoms with van der Waals surface area (Å²) >= 11 is 1.28. The number of nitriles is 1. The fourth-order valence-corrected chi connectivity index (χ4v) is 4.92. The molecule has 0 aliphatic heterocycles. The van der Waals surface area contributed by atoms with E-state index in [2.05, 4.69) is 5.32 Å². The molecule has 162 valence electrons. The fourth-order valence-electron chi connectivity index (χ4n) is 3.76. The number of nitrogens with zero attached hydrogens (tertiary/aromatic N) is 3. The number of hydrogen-bond acceptors (Lipinski definition) is 6. The van der Waals surface area contributed by atoms with Gasteiger partial charge in [0.15, 0.2) is 0 Å². The number of benzene rings is 2. The summed E-state index contributed by atoms with van der Waals surface area (Å²) in [6.07, 6.45) is 1.47. The number of fused-ring (bicyclic) bond motifs is 3. The first-order valence-corrected chi connectivity index (χ1v) is 10.8. The molecule has 0 saturated heterocycles. The lowest BCUT2D eigenvalue weighted by atomic mass is 10.2. The first-order chi connectivity index (χ1) is 16.1. The van der Waals surface area contributed by atoms with Crippen LogP contribution in [-0.4, -0.2) is 15.0 Å². The van der Waals surface area contributed by atoms with Gasteiger partial charge < -0.3 is 9.73 Å². The van der Waals surface area contributed by atoms with Crippen molar-refractivity contribution in [2.24, 2.45) is 0 Å². The van der Waals surface area contributed by atoms with Crippen LogP contribution < -0.4 is 16.6 Å². The van der Waals surface area contributed by atoms with Crippen molar-refractivity contribution < 1.29 is 9.21 Å². The van der Waals surface area contributed by atoms with Crippen LogP contribution in [0.2, 0.25) is 0 Å². The molecule has 0 saturated carbocycles. The van der Waals surface area contributed by atoms with Gasteiger partial charge in [0.25, 0.3) is 5.56 Å². The number of furan rings is 1. The number of carbonyl (C=O) groups excluding carboxylic acids is 1. The van der Waals surface area contributed by atoms with E-state index >= 15 is 0 Å². The average molecular weight is 456 g/mol. The molecule has 0 unspecified atom stereocenters. The van der Waals surface area contributed by atoms with Crippen LogP contribution in [0, 0.1) is 11.3 Å². The van der Waals surface area contributed by atoms with E-state index in [0.717, 1.165) is 14.7 Å². The van der Waals surface area contributed by atoms with Gasteiger partial charge in [-0.3, -0.25) is 18.7 Å². The molecular formula is C24H16N4O4S. The molecule has 0 radical (unpaired) electrons. The molecule has 0 atom stereocenters. The van der Waals surface area contributed by atoms with E-state index in [1.165, 1.54) is 22.2 Å². The Kier molecular flexibility index (Phi) is 5.12. The van der Waals surface area contributed by atoms with Crippen LogP contribution in [0.1, 0.15) is 11.3 Å². The van der Waals surface area contributed by atoms with Crippen LogP contribution in [-0.2, 0) is 17.9 Å². The van der Waals surface area contributed by atoms with Gasteiger partial charge in [-0.15, -0.1) is 11.3 Å². The number of hydrogen-bond donors (Lipinski definition) is 1. The lowest BCUT2D eigenvalue weighted by Gasteiger charge is -2.13. The quantitative estimate of drug-likeness (QED) is 0.435. The maximum atomic E-state index is 13.4. The highest BCUT2D eigenvalue weighted by Crippen LogP contribution is 2.31. The summed E-state index contributed by atoms with van der Waals surface area (Å²) in [6.45, 7) is -0.373. The number of rotatable bonds is 5. The number of amides is 1. The number of aromatic nitrogens is 2. The Bertz CT molecular complexity index is 1670. The van der Waals surface area contributed by atoms with Crippen molar-refractivity contribution in [3.63, 3.8) is 0 Å². The second-order valence-electron chi connectivity index (χ2n) is 7.32. The Hall–Kier alpha value is -4.42. The van der Waals surface area contributed by atoms with Gasteiger partial charge in [-0.1, -0.05) is 30.3 Å². The molecule has 0 aliphatic rings. The Morgan fingerprint density at radius 1 is 1.03 bits per heavy atom. The van der Waals surface area contributed by atoms with Gasteiger partial charge in [-0.25, -0.2) is 4.79 Å². The molecule has 33 heavy (non-hydrogen) atoms. The van der Waals surface area contributed by atoms with E-state index < -0.39 is 17.2 Å². The third-order valence-electron chi connectivity index (χ3n) is 5.26. The molecule has 0 aliphatic carbocycles. The molecule has 0 bridgehead atoms. The second-order valence-corrected chi connectivity index (χ2v) is 8.37. The van der Waals surface area contributed by atoms with Crippen LogP contribution in [0.3, 0.4) is 0 Å². The van der Waals surface area contributed by atoms with Crippen LogP contribution in [0.4, 0.5) is 5.69 Å². The van der Waals surface area contributed by atoms with Crippen molar-refractivity contribution in [1.82, 2.24) is 9.13 Å². The lowest BCUT2D eigenvalue weighted by molar-refractivity contribution is -0.116. The van der Waals surface area contributed by atoms with E-state index in [4.69, 9.17) is 4.42 Å². The first kappa shape index (κ1) is 20.5. The van der Waals surface area contributed by atoms with Crippen molar-refractivity contribution in [3.05, 3.63) is 99.1 Å². The molecule has 0 fully saturated rings. The molecular weight excluding hydrogens is 440 g/mol. The summed E-state index contributed by atoms with van der Waals surface area (Å²) in [4.78, 5) is 39.6. The van der Waals surface area contributed by atoms with Crippen molar-refractivity contribution in [2.75, 3.05) is 5.32 Å². The molecule has 5 aromatic rings. The maximum Gasteiger partial charge on any atom is 0.332 e. The van der Waals surface area contributed by atoms with Crippen molar-refractivity contribution in [1.29, 1.82) is 5.26 Å². The lowest BCUT2D eigenvalue weighted by Crippen LogP contribution is -2.41. The van der Waals surface area contributed by atoms with Gasteiger partial charge in [0.2, 0.25) is 5.91 Å². The number of thiophene rings is 1. The summed E-state index contributed by atoms with van der Waals surface area (Å²) in [6, 6.07) is 19.4. The van der Waals surface area contributed by atoms with Crippen molar-refractivity contribution in [2.45, 2.75) is 13.1 Å². The Labute approximate surface area is 190 Å². The molecule has 3 aromatic heterocycles. The molecule has 8 nitrogen and oxygen atoms in total. The zero-order valence-corrected chi connectivity index (χ0v) is 18.0. The van der Waals surface area contributed by atoms with Gasteiger partial charge in [-0.05, 0) is 30.3 Å². The first-order valence-electron chi connectivity index (χ1n) is 10.0. The molecule has 3 heterocycles. The maximum absolute atomic E-state index is 13.4. The highest BCUT2D eigenvalue weighted by atomic mass is 32.1. The van der Waals surface area contributed by atoms with Gasteiger partial charge in [0, 0.05) is 10.1 Å².